The van der Waals surface area contributed by atoms with Gasteiger partial charge in [-0.2, -0.15) is 0 Å². The van der Waals surface area contributed by atoms with E-state index < -0.39 is 6.04 Å². The first-order valence-corrected chi connectivity index (χ1v) is 11.4. The molecule has 1 heterocycles. The first-order valence-electron chi connectivity index (χ1n) is 11.4. The largest absolute Gasteiger partial charge is 0.333 e. The lowest BCUT2D eigenvalue weighted by molar-refractivity contribution is 0.166. The summed E-state index contributed by atoms with van der Waals surface area (Å²) in [7, 11) is 0. The van der Waals surface area contributed by atoms with Crippen LogP contribution < -0.4 is 10.9 Å². The monoisotopic (exact) mass is 434 g/mol. The molecule has 2 amide bonds. The number of nitrogens with zero attached hydrogens (tertiary/aromatic N) is 3. The Kier molecular flexibility index (Phi) is 7.33. The van der Waals surface area contributed by atoms with Crippen LogP contribution in [0, 0.1) is 0 Å². The second kappa shape index (κ2) is 9.98. The standard InChI is InChI=1S/C26H34N4O2/c1-6-7-13-18-29(25(32)28-26(3,4)5)19(2)23-27-22-17-12-11-16-21(22)24(31)30(23)20-14-9-8-10-15-20/h8-12,14-17,19H,6-7,13,18H2,1-5H3,(H,28,32). The number of para-hydroxylation sites is 2. The van der Waals surface area contributed by atoms with E-state index in [1.165, 1.54) is 0 Å². The summed E-state index contributed by atoms with van der Waals surface area (Å²) < 4.78 is 1.64. The van der Waals surface area contributed by atoms with Crippen molar-refractivity contribution in [1.82, 2.24) is 19.8 Å². The third kappa shape index (κ3) is 5.36. The normalized spacial score (nSPS) is 12.5. The molecule has 1 atom stereocenters. The number of rotatable bonds is 7. The van der Waals surface area contributed by atoms with Crippen molar-refractivity contribution >= 4 is 16.9 Å². The molecule has 0 saturated carbocycles. The fourth-order valence-electron chi connectivity index (χ4n) is 3.79. The molecule has 2 aromatic carbocycles. The van der Waals surface area contributed by atoms with Gasteiger partial charge >= 0.3 is 6.03 Å². The van der Waals surface area contributed by atoms with Crippen molar-refractivity contribution in [1.29, 1.82) is 0 Å². The topological polar surface area (TPSA) is 67.2 Å². The smallest absolute Gasteiger partial charge is 0.318 e. The Morgan fingerprint density at radius 3 is 2.38 bits per heavy atom. The Balaban J connectivity index is 2.15. The lowest BCUT2D eigenvalue weighted by Gasteiger charge is -2.33. The summed E-state index contributed by atoms with van der Waals surface area (Å²) in [4.78, 5) is 33.5. The lowest BCUT2D eigenvalue weighted by atomic mass is 10.1. The molecule has 1 N–H and O–H groups in total. The maximum Gasteiger partial charge on any atom is 0.318 e. The van der Waals surface area contributed by atoms with Gasteiger partial charge in [0.15, 0.2) is 0 Å². The van der Waals surface area contributed by atoms with Crippen molar-refractivity contribution < 1.29 is 4.79 Å². The first kappa shape index (κ1) is 23.5. The van der Waals surface area contributed by atoms with E-state index in [0.29, 0.717) is 23.3 Å². The van der Waals surface area contributed by atoms with Crippen LogP contribution in [0.2, 0.25) is 0 Å². The van der Waals surface area contributed by atoms with Gasteiger partial charge < -0.3 is 10.2 Å². The zero-order chi connectivity index (χ0) is 23.3. The van der Waals surface area contributed by atoms with Crippen LogP contribution in [0.3, 0.4) is 0 Å². The molecule has 1 unspecified atom stereocenters. The van der Waals surface area contributed by atoms with Gasteiger partial charge in [0.05, 0.1) is 22.6 Å². The number of carbonyl (C=O) groups excluding carboxylic acids is 1. The molecule has 3 aromatic rings. The average Bonchev–Trinajstić information content (AvgIpc) is 2.75. The van der Waals surface area contributed by atoms with Gasteiger partial charge in [0.2, 0.25) is 0 Å². The van der Waals surface area contributed by atoms with Crippen molar-refractivity contribution in [2.45, 2.75) is 65.5 Å². The number of amides is 2. The molecular weight excluding hydrogens is 400 g/mol. The van der Waals surface area contributed by atoms with Gasteiger partial charge in [-0.15, -0.1) is 0 Å². The Labute approximate surface area is 190 Å². The number of hydrogen-bond donors (Lipinski definition) is 1. The van der Waals surface area contributed by atoms with Crippen LogP contribution in [-0.2, 0) is 0 Å². The SMILES string of the molecule is CCCCCN(C(=O)NC(C)(C)C)C(C)c1nc2ccccc2c(=O)n1-c1ccccc1. The van der Waals surface area contributed by atoms with Crippen LogP contribution in [0.5, 0.6) is 0 Å². The van der Waals surface area contributed by atoms with Gasteiger partial charge in [-0.3, -0.25) is 9.36 Å². The summed E-state index contributed by atoms with van der Waals surface area (Å²) in [5.74, 6) is 0.556. The number of hydrogen-bond acceptors (Lipinski definition) is 3. The molecule has 1 aromatic heterocycles. The highest BCUT2D eigenvalue weighted by Crippen LogP contribution is 2.24. The minimum Gasteiger partial charge on any atom is -0.333 e. The highest BCUT2D eigenvalue weighted by Gasteiger charge is 2.28. The minimum atomic E-state index is -0.397. The molecule has 3 rings (SSSR count). The van der Waals surface area contributed by atoms with Gasteiger partial charge in [-0.1, -0.05) is 50.1 Å². The fourth-order valence-corrected chi connectivity index (χ4v) is 3.79. The lowest BCUT2D eigenvalue weighted by Crippen LogP contribution is -2.50. The number of urea groups is 1. The van der Waals surface area contributed by atoms with Crippen molar-refractivity contribution in [3.63, 3.8) is 0 Å². The molecule has 0 bridgehead atoms. The molecule has 0 aliphatic heterocycles. The number of unbranched alkanes of at least 4 members (excludes halogenated alkanes) is 2. The maximum atomic E-state index is 13.5. The van der Waals surface area contributed by atoms with Crippen LogP contribution in [0.1, 0.15) is 65.7 Å². The Bertz CT molecular complexity index is 1120. The third-order valence-electron chi connectivity index (χ3n) is 5.40. The van der Waals surface area contributed by atoms with E-state index in [1.54, 1.807) is 15.5 Å². The highest BCUT2D eigenvalue weighted by atomic mass is 16.2. The molecule has 6 nitrogen and oxygen atoms in total. The predicted octanol–water partition coefficient (Wildman–Crippen LogP) is 5.45. The van der Waals surface area contributed by atoms with Crippen molar-refractivity contribution in [2.24, 2.45) is 0 Å². The summed E-state index contributed by atoms with van der Waals surface area (Å²) >= 11 is 0. The quantitative estimate of drug-likeness (QED) is 0.503. The fraction of sp³-hybridized carbons (Fsp3) is 0.423. The van der Waals surface area contributed by atoms with E-state index in [2.05, 4.69) is 12.2 Å². The van der Waals surface area contributed by atoms with E-state index in [1.807, 2.05) is 76.2 Å². The van der Waals surface area contributed by atoms with E-state index in [-0.39, 0.29) is 17.1 Å². The number of fused-ring (bicyclic) bond motifs is 1. The summed E-state index contributed by atoms with van der Waals surface area (Å²) in [5.41, 5.74) is 0.877. The van der Waals surface area contributed by atoms with Gasteiger partial charge in [0.25, 0.3) is 5.56 Å². The molecule has 0 aliphatic carbocycles. The van der Waals surface area contributed by atoms with E-state index in [0.717, 1.165) is 24.9 Å². The van der Waals surface area contributed by atoms with Crippen LogP contribution in [0.4, 0.5) is 4.79 Å². The summed E-state index contributed by atoms with van der Waals surface area (Å²) in [6.07, 6.45) is 2.98. The van der Waals surface area contributed by atoms with Gasteiger partial charge in [0, 0.05) is 12.1 Å². The zero-order valence-electron chi connectivity index (χ0n) is 19.8. The van der Waals surface area contributed by atoms with Crippen LogP contribution in [-0.4, -0.2) is 32.6 Å². The predicted molar refractivity (Wildman–Crippen MR) is 130 cm³/mol. The molecule has 6 heteroatoms. The maximum absolute atomic E-state index is 13.5. The summed E-state index contributed by atoms with van der Waals surface area (Å²) in [6.45, 7) is 10.6. The Hall–Kier alpha value is -3.15. The molecule has 0 saturated heterocycles. The minimum absolute atomic E-state index is 0.131. The van der Waals surface area contributed by atoms with Crippen LogP contribution in [0.15, 0.2) is 59.4 Å². The highest BCUT2D eigenvalue weighted by molar-refractivity contribution is 5.78. The number of aromatic nitrogens is 2. The van der Waals surface area contributed by atoms with Crippen LogP contribution in [0.25, 0.3) is 16.6 Å². The molecular formula is C26H34N4O2. The van der Waals surface area contributed by atoms with Gasteiger partial charge in [-0.25, -0.2) is 9.78 Å². The van der Waals surface area contributed by atoms with Crippen molar-refractivity contribution in [2.75, 3.05) is 6.54 Å². The Morgan fingerprint density at radius 1 is 1.06 bits per heavy atom. The average molecular weight is 435 g/mol. The second-order valence-electron chi connectivity index (χ2n) is 9.22. The van der Waals surface area contributed by atoms with Crippen LogP contribution >= 0.6 is 0 Å². The summed E-state index contributed by atoms with van der Waals surface area (Å²) in [5, 5.41) is 3.64. The molecule has 0 spiro atoms. The van der Waals surface area contributed by atoms with E-state index in [4.69, 9.17) is 4.98 Å². The first-order chi connectivity index (χ1) is 15.2. The van der Waals surface area contributed by atoms with Gasteiger partial charge in [-0.05, 0) is 58.4 Å². The molecule has 32 heavy (non-hydrogen) atoms. The zero-order valence-corrected chi connectivity index (χ0v) is 19.8. The molecule has 0 radical (unpaired) electrons. The molecule has 170 valence electrons. The summed E-state index contributed by atoms with van der Waals surface area (Å²) in [6, 6.07) is 16.3. The molecule has 0 aliphatic rings. The number of nitrogens with one attached hydrogen (secondary N) is 1. The third-order valence-corrected chi connectivity index (χ3v) is 5.40. The van der Waals surface area contributed by atoms with Crippen molar-refractivity contribution in [3.8, 4) is 5.69 Å². The number of benzene rings is 2. The van der Waals surface area contributed by atoms with E-state index >= 15 is 0 Å². The van der Waals surface area contributed by atoms with E-state index in [9.17, 15) is 9.59 Å². The Morgan fingerprint density at radius 2 is 1.72 bits per heavy atom. The van der Waals surface area contributed by atoms with Crippen molar-refractivity contribution in [3.05, 3.63) is 70.8 Å². The second-order valence-corrected chi connectivity index (χ2v) is 9.22. The van der Waals surface area contributed by atoms with Gasteiger partial charge in [0.1, 0.15) is 5.82 Å². The molecule has 0 fully saturated rings. The number of carbonyl (C=O) groups is 1.